The van der Waals surface area contributed by atoms with Crippen LogP contribution in [-0.2, 0) is 21.1 Å². The van der Waals surface area contributed by atoms with Crippen molar-refractivity contribution in [2.24, 2.45) is 0 Å². The number of allylic oxidation sites excluding steroid dienone is 1. The van der Waals surface area contributed by atoms with Gasteiger partial charge in [-0.05, 0) is 43.2 Å². The summed E-state index contributed by atoms with van der Waals surface area (Å²) in [5, 5.41) is 0. The van der Waals surface area contributed by atoms with Crippen LogP contribution >= 0.6 is 0 Å². The second kappa shape index (κ2) is 8.00. The van der Waals surface area contributed by atoms with Crippen LogP contribution in [0.1, 0.15) is 43.8 Å². The van der Waals surface area contributed by atoms with Crippen molar-refractivity contribution in [3.05, 3.63) is 63.9 Å². The van der Waals surface area contributed by atoms with Crippen LogP contribution in [0.15, 0.2) is 36.1 Å². The molecule has 0 N–H and O–H groups in total. The number of ketones is 1. The van der Waals surface area contributed by atoms with Crippen LogP contribution in [0.3, 0.4) is 0 Å². The molecule has 0 radical (unpaired) electrons. The number of Topliss-reactive ketones (excluding diaryl/α,β-unsaturated/α-hetero) is 1. The summed E-state index contributed by atoms with van der Waals surface area (Å²) in [6.45, 7) is 2.68. The Kier molecular flexibility index (Phi) is 5.25. The number of esters is 1. The second-order valence-electron chi connectivity index (χ2n) is 8.50. The molecule has 1 saturated heterocycles. The topological polar surface area (TPSA) is 99.2 Å². The molecule has 3 aliphatic heterocycles. The molecule has 1 unspecified atom stereocenters. The Bertz CT molecular complexity index is 1300. The molecule has 8 nitrogen and oxygen atoms in total. The van der Waals surface area contributed by atoms with Crippen LogP contribution < -0.4 is 9.47 Å². The second-order valence-corrected chi connectivity index (χ2v) is 10.7. The van der Waals surface area contributed by atoms with E-state index in [2.05, 4.69) is 0 Å². The zero-order valence-electron chi connectivity index (χ0n) is 18.3. The number of sulfone groups is 1. The number of carbonyl (C=O) groups excluding carboxylic acids is 2. The number of nitrogens with zero attached hydrogens (tertiary/aromatic N) is 1. The highest BCUT2D eigenvalue weighted by Gasteiger charge is 2.37. The Morgan fingerprint density at radius 2 is 1.97 bits per heavy atom. The van der Waals surface area contributed by atoms with Crippen molar-refractivity contribution in [2.45, 2.75) is 25.9 Å². The van der Waals surface area contributed by atoms with E-state index < -0.39 is 15.8 Å². The van der Waals surface area contributed by atoms with Crippen LogP contribution in [0.4, 0.5) is 0 Å². The van der Waals surface area contributed by atoms with Crippen LogP contribution in [0.25, 0.3) is 6.08 Å². The van der Waals surface area contributed by atoms with Crippen LogP contribution in [-0.4, -0.2) is 56.5 Å². The number of benzene rings is 2. The molecule has 0 aliphatic carbocycles. The summed E-state index contributed by atoms with van der Waals surface area (Å²) in [6, 6.07) is 8.39. The van der Waals surface area contributed by atoms with Gasteiger partial charge in [0.2, 0.25) is 5.78 Å². The fourth-order valence-electron chi connectivity index (χ4n) is 4.55. The third kappa shape index (κ3) is 3.91. The highest BCUT2D eigenvalue weighted by Crippen LogP contribution is 2.43. The number of rotatable bonds is 3. The van der Waals surface area contributed by atoms with Gasteiger partial charge in [0.25, 0.3) is 0 Å². The van der Waals surface area contributed by atoms with E-state index in [0.29, 0.717) is 47.9 Å². The van der Waals surface area contributed by atoms with Gasteiger partial charge in [-0.15, -0.1) is 0 Å². The minimum Gasteiger partial charge on any atom is -0.477 e. The molecular formula is C24H23NO7S. The molecule has 1 atom stereocenters. The first kappa shape index (κ1) is 21.7. The maximum Gasteiger partial charge on any atom is 0.337 e. The van der Waals surface area contributed by atoms with Crippen molar-refractivity contribution < 1.29 is 32.2 Å². The maximum absolute atomic E-state index is 13.1. The normalized spacial score (nSPS) is 22.4. The SMILES string of the molecule is COC(=O)c1ccc(/C=C2\Oc3c(cc4c(c3C)OCN(C3CCS(=O)(=O)C3)C4)C2=O)cc1. The molecule has 0 aromatic heterocycles. The van der Waals surface area contributed by atoms with Gasteiger partial charge < -0.3 is 14.2 Å². The lowest BCUT2D eigenvalue weighted by Gasteiger charge is -2.33. The monoisotopic (exact) mass is 469 g/mol. The molecule has 2 aromatic rings. The van der Waals surface area contributed by atoms with E-state index in [0.717, 1.165) is 11.1 Å². The van der Waals surface area contributed by atoms with Gasteiger partial charge in [0.1, 0.15) is 18.2 Å². The molecule has 3 aliphatic rings. The molecule has 5 rings (SSSR count). The zero-order valence-corrected chi connectivity index (χ0v) is 19.1. The minimum absolute atomic E-state index is 0.0768. The number of hydrogen-bond donors (Lipinski definition) is 0. The van der Waals surface area contributed by atoms with E-state index in [9.17, 15) is 18.0 Å². The molecule has 0 saturated carbocycles. The Balaban J connectivity index is 1.40. The standard InChI is InChI=1S/C24H23NO7S/c1-14-22-17(11-25(13-31-22)18-7-8-33(28,29)12-18)10-19-21(26)20(32-23(14)19)9-15-3-5-16(6-4-15)24(27)30-2/h3-6,9-10,18H,7-8,11-13H2,1-2H3/b20-9-. The van der Waals surface area contributed by atoms with Crippen molar-refractivity contribution in [3.63, 3.8) is 0 Å². The van der Waals surface area contributed by atoms with E-state index in [1.54, 1.807) is 36.4 Å². The van der Waals surface area contributed by atoms with Crippen LogP contribution in [0.2, 0.25) is 0 Å². The average Bonchev–Trinajstić information content (AvgIpc) is 3.33. The predicted octanol–water partition coefficient (Wildman–Crippen LogP) is 2.74. The third-order valence-corrected chi connectivity index (χ3v) is 8.07. The van der Waals surface area contributed by atoms with Gasteiger partial charge in [0, 0.05) is 23.7 Å². The molecule has 9 heteroatoms. The fraction of sp³-hybridized carbons (Fsp3) is 0.333. The lowest BCUT2D eigenvalue weighted by atomic mass is 9.99. The first-order valence-electron chi connectivity index (χ1n) is 10.6. The number of fused-ring (bicyclic) bond motifs is 2. The van der Waals surface area contributed by atoms with E-state index in [4.69, 9.17) is 14.2 Å². The first-order chi connectivity index (χ1) is 15.8. The molecule has 3 heterocycles. The molecule has 0 bridgehead atoms. The molecule has 2 aromatic carbocycles. The maximum atomic E-state index is 13.1. The van der Waals surface area contributed by atoms with Crippen molar-refractivity contribution >= 4 is 27.7 Å². The third-order valence-electron chi connectivity index (χ3n) is 6.32. The molecule has 33 heavy (non-hydrogen) atoms. The van der Waals surface area contributed by atoms with Crippen molar-refractivity contribution in [1.29, 1.82) is 0 Å². The summed E-state index contributed by atoms with van der Waals surface area (Å²) in [6.07, 6.45) is 2.23. The predicted molar refractivity (Wildman–Crippen MR) is 120 cm³/mol. The number of carbonyl (C=O) groups is 2. The summed E-state index contributed by atoms with van der Waals surface area (Å²) in [5.74, 6) is 1.04. The summed E-state index contributed by atoms with van der Waals surface area (Å²) < 4.78 is 40.4. The van der Waals surface area contributed by atoms with Crippen molar-refractivity contribution in [2.75, 3.05) is 25.3 Å². The van der Waals surface area contributed by atoms with Gasteiger partial charge in [-0.25, -0.2) is 13.2 Å². The highest BCUT2D eigenvalue weighted by atomic mass is 32.2. The zero-order chi connectivity index (χ0) is 23.3. The summed E-state index contributed by atoms with van der Waals surface area (Å²) in [5.41, 5.74) is 3.20. The fourth-order valence-corrected chi connectivity index (χ4v) is 6.31. The summed E-state index contributed by atoms with van der Waals surface area (Å²) in [4.78, 5) is 26.7. The van der Waals surface area contributed by atoms with E-state index in [1.807, 2.05) is 11.8 Å². The Labute approximate surface area is 191 Å². The largest absolute Gasteiger partial charge is 0.477 e. The van der Waals surface area contributed by atoms with Gasteiger partial charge >= 0.3 is 5.97 Å². The van der Waals surface area contributed by atoms with Gasteiger partial charge in [0.15, 0.2) is 15.6 Å². The molecule has 0 amide bonds. The first-order valence-corrected chi connectivity index (χ1v) is 12.4. The average molecular weight is 470 g/mol. The summed E-state index contributed by atoms with van der Waals surface area (Å²) in [7, 11) is -1.68. The van der Waals surface area contributed by atoms with Gasteiger partial charge in [-0.3, -0.25) is 9.69 Å². The minimum atomic E-state index is -3.00. The van der Waals surface area contributed by atoms with E-state index >= 15 is 0 Å². The van der Waals surface area contributed by atoms with Gasteiger partial charge in [0.05, 0.1) is 29.7 Å². The quantitative estimate of drug-likeness (QED) is 0.500. The Morgan fingerprint density at radius 1 is 1.21 bits per heavy atom. The number of methoxy groups -OCH3 is 1. The summed E-state index contributed by atoms with van der Waals surface area (Å²) >= 11 is 0. The Morgan fingerprint density at radius 3 is 2.64 bits per heavy atom. The van der Waals surface area contributed by atoms with Gasteiger partial charge in [-0.1, -0.05) is 12.1 Å². The molecule has 1 fully saturated rings. The highest BCUT2D eigenvalue weighted by molar-refractivity contribution is 7.91. The molecular weight excluding hydrogens is 446 g/mol. The van der Waals surface area contributed by atoms with E-state index in [-0.39, 0.29) is 29.1 Å². The van der Waals surface area contributed by atoms with Crippen molar-refractivity contribution in [3.8, 4) is 11.5 Å². The smallest absolute Gasteiger partial charge is 0.337 e. The van der Waals surface area contributed by atoms with Crippen LogP contribution in [0.5, 0.6) is 11.5 Å². The number of hydrogen-bond acceptors (Lipinski definition) is 8. The Hall–Kier alpha value is -3.17. The number of ether oxygens (including phenoxy) is 3. The van der Waals surface area contributed by atoms with E-state index in [1.165, 1.54) is 7.11 Å². The molecule has 0 spiro atoms. The lowest BCUT2D eigenvalue weighted by molar-refractivity contribution is 0.0600. The lowest BCUT2D eigenvalue weighted by Crippen LogP contribution is -2.41. The van der Waals surface area contributed by atoms with Gasteiger partial charge in [-0.2, -0.15) is 0 Å². The van der Waals surface area contributed by atoms with Crippen molar-refractivity contribution in [1.82, 2.24) is 4.90 Å². The molecule has 172 valence electrons. The van der Waals surface area contributed by atoms with Crippen LogP contribution in [0, 0.1) is 6.92 Å².